The van der Waals surface area contributed by atoms with E-state index >= 15 is 0 Å². The average Bonchev–Trinajstić information content (AvgIpc) is 3.17. The summed E-state index contributed by atoms with van der Waals surface area (Å²) < 4.78 is 13.5. The Balaban J connectivity index is 1.31. The number of para-hydroxylation sites is 3. The van der Waals surface area contributed by atoms with Crippen molar-refractivity contribution in [3.63, 3.8) is 0 Å². The lowest BCUT2D eigenvalue weighted by atomic mass is 10.2. The van der Waals surface area contributed by atoms with E-state index in [1.54, 1.807) is 12.3 Å². The Morgan fingerprint density at radius 2 is 1.74 bits per heavy atom. The molecule has 5 rings (SSSR count). The van der Waals surface area contributed by atoms with Gasteiger partial charge < -0.3 is 14.0 Å². The number of rotatable bonds is 5. The van der Waals surface area contributed by atoms with Crippen LogP contribution in [-0.2, 0) is 11.3 Å². The van der Waals surface area contributed by atoms with Gasteiger partial charge in [0.05, 0.1) is 6.21 Å². The van der Waals surface area contributed by atoms with Gasteiger partial charge in [-0.2, -0.15) is 5.10 Å². The number of nitrogens with one attached hydrogen (secondary N) is 1. The lowest BCUT2D eigenvalue weighted by molar-refractivity contribution is -0.130. The number of amides is 1. The van der Waals surface area contributed by atoms with E-state index in [1.807, 2.05) is 54.7 Å². The average molecular weight is 411 g/mol. The van der Waals surface area contributed by atoms with E-state index in [2.05, 4.69) is 39.4 Å². The number of ether oxygens (including phenoxy) is 2. The first kappa shape index (κ1) is 18.9. The number of carbonyl (C=O) groups excluding carboxylic acids is 1. The van der Waals surface area contributed by atoms with Crippen LogP contribution in [0, 0.1) is 0 Å². The van der Waals surface area contributed by atoms with Crippen molar-refractivity contribution >= 4 is 23.0 Å². The Bertz CT molecular complexity index is 1250. The molecule has 0 fully saturated rings. The highest BCUT2D eigenvalue weighted by atomic mass is 16.6. The first-order valence-electron chi connectivity index (χ1n) is 10.1. The fraction of sp³-hybridized carbons (Fsp3) is 0.120. The van der Waals surface area contributed by atoms with Crippen LogP contribution in [0.4, 0.5) is 0 Å². The first-order valence-corrected chi connectivity index (χ1v) is 10.1. The van der Waals surface area contributed by atoms with Gasteiger partial charge >= 0.3 is 0 Å². The molecule has 0 spiro atoms. The number of fused-ring (bicyclic) bond motifs is 2. The molecule has 1 aromatic heterocycles. The Labute approximate surface area is 179 Å². The Kier molecular flexibility index (Phi) is 5.10. The Morgan fingerprint density at radius 1 is 1.00 bits per heavy atom. The molecule has 1 aliphatic heterocycles. The zero-order chi connectivity index (χ0) is 21.0. The molecule has 4 aromatic rings. The van der Waals surface area contributed by atoms with Crippen molar-refractivity contribution < 1.29 is 14.3 Å². The number of benzene rings is 3. The van der Waals surface area contributed by atoms with Crippen molar-refractivity contribution in [2.75, 3.05) is 6.61 Å². The van der Waals surface area contributed by atoms with Gasteiger partial charge in [-0.15, -0.1) is 0 Å². The standard InChI is InChI=1S/C25H21N3O3/c29-25(24-17-30-22-12-6-7-13-23(22)31-24)27-26-14-19-16-28(15-18-8-2-1-3-9-18)21-11-5-4-10-20(19)21/h1-14,16,24H,15,17H2,(H,27,29)/b26-14-/t24-/m0/s1. The molecule has 1 amide bonds. The quantitative estimate of drug-likeness (QED) is 0.399. The van der Waals surface area contributed by atoms with Crippen LogP contribution < -0.4 is 14.9 Å². The topological polar surface area (TPSA) is 64.9 Å². The summed E-state index contributed by atoms with van der Waals surface area (Å²) in [7, 11) is 0. The summed E-state index contributed by atoms with van der Waals surface area (Å²) in [5.41, 5.74) is 5.83. The molecule has 0 bridgehead atoms. The van der Waals surface area contributed by atoms with Crippen LogP contribution in [0.3, 0.4) is 0 Å². The summed E-state index contributed by atoms with van der Waals surface area (Å²) in [6.45, 7) is 0.906. The Hall–Kier alpha value is -4.06. The van der Waals surface area contributed by atoms with Crippen LogP contribution in [0.2, 0.25) is 0 Å². The van der Waals surface area contributed by atoms with Gasteiger partial charge in [0.25, 0.3) is 5.91 Å². The second-order valence-electron chi connectivity index (χ2n) is 7.31. The summed E-state index contributed by atoms with van der Waals surface area (Å²) in [5, 5.41) is 5.24. The maximum absolute atomic E-state index is 12.5. The van der Waals surface area contributed by atoms with Crippen LogP contribution in [0.25, 0.3) is 10.9 Å². The molecule has 2 heterocycles. The van der Waals surface area contributed by atoms with Gasteiger partial charge in [-0.1, -0.05) is 60.7 Å². The first-order chi connectivity index (χ1) is 15.3. The molecule has 0 saturated heterocycles. The smallest absolute Gasteiger partial charge is 0.284 e. The van der Waals surface area contributed by atoms with Gasteiger partial charge in [0.2, 0.25) is 6.10 Å². The minimum absolute atomic E-state index is 0.148. The molecule has 3 aromatic carbocycles. The summed E-state index contributed by atoms with van der Waals surface area (Å²) in [6, 6.07) is 25.7. The second-order valence-corrected chi connectivity index (χ2v) is 7.31. The fourth-order valence-electron chi connectivity index (χ4n) is 3.68. The molecule has 1 atom stereocenters. The number of hydrogen-bond donors (Lipinski definition) is 1. The van der Waals surface area contributed by atoms with Crippen molar-refractivity contribution in [1.29, 1.82) is 0 Å². The van der Waals surface area contributed by atoms with E-state index < -0.39 is 6.10 Å². The van der Waals surface area contributed by atoms with Crippen molar-refractivity contribution in [2.24, 2.45) is 5.10 Å². The molecular weight excluding hydrogens is 390 g/mol. The van der Waals surface area contributed by atoms with Gasteiger partial charge in [-0.25, -0.2) is 5.43 Å². The molecule has 1 aliphatic rings. The molecule has 154 valence electrons. The molecule has 0 radical (unpaired) electrons. The third-order valence-corrected chi connectivity index (χ3v) is 5.19. The molecule has 1 N–H and O–H groups in total. The summed E-state index contributed by atoms with van der Waals surface area (Å²) in [6.07, 6.45) is 2.97. The third kappa shape index (κ3) is 4.00. The molecule has 0 unspecified atom stereocenters. The number of aromatic nitrogens is 1. The highest BCUT2D eigenvalue weighted by molar-refractivity contribution is 5.99. The van der Waals surface area contributed by atoms with E-state index in [0.717, 1.165) is 23.0 Å². The van der Waals surface area contributed by atoms with E-state index in [1.165, 1.54) is 5.56 Å². The van der Waals surface area contributed by atoms with Crippen molar-refractivity contribution in [1.82, 2.24) is 9.99 Å². The summed E-state index contributed by atoms with van der Waals surface area (Å²) in [5.74, 6) is 0.849. The Morgan fingerprint density at radius 3 is 2.61 bits per heavy atom. The molecule has 6 nitrogen and oxygen atoms in total. The van der Waals surface area contributed by atoms with Crippen LogP contribution >= 0.6 is 0 Å². The molecular formula is C25H21N3O3. The molecule has 6 heteroatoms. The maximum atomic E-state index is 12.5. The van der Waals surface area contributed by atoms with Crippen LogP contribution in [0.5, 0.6) is 11.5 Å². The molecule has 0 aliphatic carbocycles. The van der Waals surface area contributed by atoms with Gasteiger partial charge in [0.1, 0.15) is 6.61 Å². The minimum atomic E-state index is -0.744. The van der Waals surface area contributed by atoms with E-state index in [-0.39, 0.29) is 12.5 Å². The van der Waals surface area contributed by atoms with Crippen LogP contribution in [-0.4, -0.2) is 29.4 Å². The van der Waals surface area contributed by atoms with Gasteiger partial charge in [-0.3, -0.25) is 4.79 Å². The zero-order valence-electron chi connectivity index (χ0n) is 16.8. The fourth-order valence-corrected chi connectivity index (χ4v) is 3.68. The van der Waals surface area contributed by atoms with Gasteiger partial charge in [0.15, 0.2) is 11.5 Å². The lowest BCUT2D eigenvalue weighted by Gasteiger charge is -2.24. The van der Waals surface area contributed by atoms with Crippen molar-refractivity contribution in [3.8, 4) is 11.5 Å². The van der Waals surface area contributed by atoms with E-state index in [4.69, 9.17) is 9.47 Å². The molecule has 0 saturated carbocycles. The highest BCUT2D eigenvalue weighted by Crippen LogP contribution is 2.30. The monoisotopic (exact) mass is 411 g/mol. The minimum Gasteiger partial charge on any atom is -0.485 e. The third-order valence-electron chi connectivity index (χ3n) is 5.19. The number of nitrogens with zero attached hydrogens (tertiary/aromatic N) is 2. The number of hydrogen-bond acceptors (Lipinski definition) is 4. The number of hydrazone groups is 1. The van der Waals surface area contributed by atoms with Crippen molar-refractivity contribution in [2.45, 2.75) is 12.6 Å². The summed E-state index contributed by atoms with van der Waals surface area (Å²) >= 11 is 0. The molecule has 31 heavy (non-hydrogen) atoms. The highest BCUT2D eigenvalue weighted by Gasteiger charge is 2.27. The van der Waals surface area contributed by atoms with Crippen molar-refractivity contribution in [3.05, 3.63) is 96.2 Å². The van der Waals surface area contributed by atoms with Crippen LogP contribution in [0.15, 0.2) is 90.2 Å². The van der Waals surface area contributed by atoms with Gasteiger partial charge in [-0.05, 0) is 23.8 Å². The SMILES string of the molecule is O=C(N/N=C\c1cn(Cc2ccccc2)c2ccccc12)[C@@H]1COc2ccccc2O1. The maximum Gasteiger partial charge on any atom is 0.284 e. The normalized spacial score (nSPS) is 15.3. The largest absolute Gasteiger partial charge is 0.485 e. The number of carbonyl (C=O) groups is 1. The second kappa shape index (κ2) is 8.36. The van der Waals surface area contributed by atoms with Crippen LogP contribution in [0.1, 0.15) is 11.1 Å². The zero-order valence-corrected chi connectivity index (χ0v) is 16.8. The van der Waals surface area contributed by atoms with E-state index in [9.17, 15) is 4.79 Å². The predicted molar refractivity (Wildman–Crippen MR) is 120 cm³/mol. The summed E-state index contributed by atoms with van der Waals surface area (Å²) in [4.78, 5) is 12.5. The van der Waals surface area contributed by atoms with Gasteiger partial charge in [0, 0.05) is 29.2 Å². The van der Waals surface area contributed by atoms with E-state index in [0.29, 0.717) is 11.5 Å². The lowest BCUT2D eigenvalue weighted by Crippen LogP contribution is -2.42. The predicted octanol–water partition coefficient (Wildman–Crippen LogP) is 3.98.